The van der Waals surface area contributed by atoms with Crippen molar-refractivity contribution in [1.82, 2.24) is 0 Å². The minimum absolute atomic E-state index is 0.0507. The Balaban J connectivity index is 2.05. The van der Waals surface area contributed by atoms with Gasteiger partial charge in [0.25, 0.3) is 0 Å². The Labute approximate surface area is 131 Å². The predicted molar refractivity (Wildman–Crippen MR) is 81.5 cm³/mol. The second-order valence-corrected chi connectivity index (χ2v) is 4.52. The lowest BCUT2D eigenvalue weighted by atomic mass is 10.1. The number of benzene rings is 2. The lowest BCUT2D eigenvalue weighted by Crippen LogP contribution is -2.09. The third-order valence-electron chi connectivity index (χ3n) is 2.96. The average Bonchev–Trinajstić information content (AvgIpc) is 2.55. The Hall–Kier alpha value is -3.02. The second kappa shape index (κ2) is 7.31. The number of hydrogen-bond donors (Lipinski definition) is 1. The van der Waals surface area contributed by atoms with E-state index in [2.05, 4.69) is 5.32 Å². The first-order valence-corrected chi connectivity index (χ1v) is 6.62. The quantitative estimate of drug-likeness (QED) is 0.679. The fourth-order valence-electron chi connectivity index (χ4n) is 1.82. The third kappa shape index (κ3) is 4.23. The maximum absolute atomic E-state index is 13.1. The van der Waals surface area contributed by atoms with Gasteiger partial charge in [-0.1, -0.05) is 12.1 Å². The number of allylic oxidation sites excluding steroid dienone is 1. The average molecular weight is 317 g/mol. The number of hydrogen-bond acceptors (Lipinski definition) is 3. The fraction of sp³-hybridized carbons (Fsp3) is 0.0588. The van der Waals surface area contributed by atoms with E-state index in [9.17, 15) is 18.4 Å². The van der Waals surface area contributed by atoms with Crippen LogP contribution in [0.15, 0.2) is 54.6 Å². The number of methoxy groups -OCH3 is 1. The molecule has 2 aromatic carbocycles. The number of ketones is 1. The molecule has 4 nitrogen and oxygen atoms in total. The molecule has 1 N–H and O–H groups in total. The monoisotopic (exact) mass is 317 g/mol. The summed E-state index contributed by atoms with van der Waals surface area (Å²) in [5, 5.41) is 2.55. The first-order chi connectivity index (χ1) is 11.0. The number of halogens is 2. The Kier molecular flexibility index (Phi) is 5.19. The molecule has 0 aliphatic carbocycles. The number of nitrogens with one attached hydrogen (secondary N) is 1. The van der Waals surface area contributed by atoms with Crippen LogP contribution >= 0.6 is 0 Å². The van der Waals surface area contributed by atoms with Crippen molar-refractivity contribution >= 4 is 17.4 Å². The molecule has 0 aliphatic heterocycles. The largest absolute Gasteiger partial charge is 0.495 e. The minimum atomic E-state index is -1.12. The summed E-state index contributed by atoms with van der Waals surface area (Å²) in [5.41, 5.74) is 0.398. The van der Waals surface area contributed by atoms with Crippen LogP contribution in [0.3, 0.4) is 0 Å². The smallest absolute Gasteiger partial charge is 0.248 e. The summed E-state index contributed by atoms with van der Waals surface area (Å²) in [6.45, 7) is 0. The molecule has 23 heavy (non-hydrogen) atoms. The maximum Gasteiger partial charge on any atom is 0.248 e. The molecule has 0 aliphatic rings. The molecule has 118 valence electrons. The van der Waals surface area contributed by atoms with E-state index in [-0.39, 0.29) is 5.56 Å². The van der Waals surface area contributed by atoms with E-state index in [1.807, 2.05) is 0 Å². The van der Waals surface area contributed by atoms with Gasteiger partial charge in [0.15, 0.2) is 17.4 Å². The highest BCUT2D eigenvalue weighted by Gasteiger charge is 2.08. The first-order valence-electron chi connectivity index (χ1n) is 6.62. The Bertz CT molecular complexity index is 772. The highest BCUT2D eigenvalue weighted by molar-refractivity contribution is 6.10. The van der Waals surface area contributed by atoms with Crippen LogP contribution in [0.1, 0.15) is 10.4 Å². The lowest BCUT2D eigenvalue weighted by molar-refractivity contribution is -0.111. The molecular formula is C17H13F2NO3. The van der Waals surface area contributed by atoms with E-state index in [1.165, 1.54) is 7.11 Å². The van der Waals surface area contributed by atoms with Crippen molar-refractivity contribution in [2.45, 2.75) is 0 Å². The molecule has 1 amide bonds. The van der Waals surface area contributed by atoms with Crippen LogP contribution in [0.4, 0.5) is 14.5 Å². The summed E-state index contributed by atoms with van der Waals surface area (Å²) in [4.78, 5) is 23.6. The van der Waals surface area contributed by atoms with Crippen LogP contribution in [0.25, 0.3) is 0 Å². The molecule has 0 fully saturated rings. The van der Waals surface area contributed by atoms with Crippen molar-refractivity contribution in [1.29, 1.82) is 0 Å². The Morgan fingerprint density at radius 3 is 2.48 bits per heavy atom. The molecule has 0 radical (unpaired) electrons. The van der Waals surface area contributed by atoms with Gasteiger partial charge in [0.2, 0.25) is 5.91 Å². The van der Waals surface area contributed by atoms with Gasteiger partial charge in [-0.05, 0) is 36.4 Å². The van der Waals surface area contributed by atoms with E-state index < -0.39 is 23.3 Å². The minimum Gasteiger partial charge on any atom is -0.495 e. The van der Waals surface area contributed by atoms with Crippen molar-refractivity contribution in [2.75, 3.05) is 12.4 Å². The van der Waals surface area contributed by atoms with Gasteiger partial charge in [-0.2, -0.15) is 0 Å². The zero-order valence-corrected chi connectivity index (χ0v) is 12.2. The zero-order chi connectivity index (χ0) is 16.8. The topological polar surface area (TPSA) is 55.4 Å². The number of carbonyl (C=O) groups excluding carboxylic acids is 2. The van der Waals surface area contributed by atoms with Crippen molar-refractivity contribution in [3.63, 3.8) is 0 Å². The van der Waals surface area contributed by atoms with Crippen molar-refractivity contribution in [2.24, 2.45) is 0 Å². The van der Waals surface area contributed by atoms with Gasteiger partial charge < -0.3 is 10.1 Å². The van der Waals surface area contributed by atoms with Gasteiger partial charge in [-0.15, -0.1) is 0 Å². The fourth-order valence-corrected chi connectivity index (χ4v) is 1.82. The first kappa shape index (κ1) is 16.4. The van der Waals surface area contributed by atoms with Gasteiger partial charge in [-0.3, -0.25) is 9.59 Å². The molecule has 0 aromatic heterocycles. The van der Waals surface area contributed by atoms with Gasteiger partial charge in [-0.25, -0.2) is 8.78 Å². The standard InChI is InChI=1S/C17H13F2NO3/c1-23-16-5-3-2-4-14(16)20-17(22)9-8-15(21)11-6-7-12(18)13(19)10-11/h2-10H,1H3,(H,20,22)/b9-8+. The van der Waals surface area contributed by atoms with Crippen LogP contribution in [0, 0.1) is 11.6 Å². The van der Waals surface area contributed by atoms with Crippen molar-refractivity contribution < 1.29 is 23.1 Å². The van der Waals surface area contributed by atoms with Gasteiger partial charge in [0.1, 0.15) is 5.75 Å². The van der Waals surface area contributed by atoms with E-state index >= 15 is 0 Å². The van der Waals surface area contributed by atoms with Crippen LogP contribution in [0.2, 0.25) is 0 Å². The molecule has 0 bridgehead atoms. The third-order valence-corrected chi connectivity index (χ3v) is 2.96. The zero-order valence-electron chi connectivity index (χ0n) is 12.2. The van der Waals surface area contributed by atoms with Crippen molar-refractivity contribution in [3.8, 4) is 5.75 Å². The number of anilines is 1. The molecule has 0 saturated carbocycles. The Morgan fingerprint density at radius 2 is 1.78 bits per heavy atom. The highest BCUT2D eigenvalue weighted by Crippen LogP contribution is 2.22. The molecule has 0 saturated heterocycles. The van der Waals surface area contributed by atoms with Crippen LogP contribution in [-0.4, -0.2) is 18.8 Å². The predicted octanol–water partition coefficient (Wildman–Crippen LogP) is 3.35. The van der Waals surface area contributed by atoms with E-state index in [0.29, 0.717) is 11.4 Å². The molecule has 2 aromatic rings. The molecule has 2 rings (SSSR count). The highest BCUT2D eigenvalue weighted by atomic mass is 19.2. The molecule has 0 spiro atoms. The molecular weight excluding hydrogens is 304 g/mol. The molecule has 0 unspecified atom stereocenters. The SMILES string of the molecule is COc1ccccc1NC(=O)/C=C/C(=O)c1ccc(F)c(F)c1. The summed E-state index contributed by atoms with van der Waals surface area (Å²) in [6, 6.07) is 9.55. The van der Waals surface area contributed by atoms with E-state index in [1.54, 1.807) is 24.3 Å². The Morgan fingerprint density at radius 1 is 1.04 bits per heavy atom. The van der Waals surface area contributed by atoms with Gasteiger partial charge >= 0.3 is 0 Å². The second-order valence-electron chi connectivity index (χ2n) is 4.52. The van der Waals surface area contributed by atoms with E-state index in [4.69, 9.17) is 4.74 Å². The molecule has 0 atom stereocenters. The lowest BCUT2D eigenvalue weighted by Gasteiger charge is -2.07. The number of carbonyl (C=O) groups is 2. The van der Waals surface area contributed by atoms with Crippen LogP contribution in [-0.2, 0) is 4.79 Å². The molecule has 6 heteroatoms. The normalized spacial score (nSPS) is 10.6. The summed E-state index contributed by atoms with van der Waals surface area (Å²) in [6.07, 6.45) is 1.99. The maximum atomic E-state index is 13.1. The van der Waals surface area contributed by atoms with Crippen molar-refractivity contribution in [3.05, 3.63) is 71.8 Å². The summed E-state index contributed by atoms with van der Waals surface area (Å²) in [5.74, 6) is -2.85. The summed E-state index contributed by atoms with van der Waals surface area (Å²) in [7, 11) is 1.47. The van der Waals surface area contributed by atoms with Crippen LogP contribution in [0.5, 0.6) is 5.75 Å². The van der Waals surface area contributed by atoms with Gasteiger partial charge in [0.05, 0.1) is 12.8 Å². The van der Waals surface area contributed by atoms with Gasteiger partial charge in [0, 0.05) is 11.6 Å². The number of amides is 1. The van der Waals surface area contributed by atoms with E-state index in [0.717, 1.165) is 30.4 Å². The molecule has 0 heterocycles. The number of ether oxygens (including phenoxy) is 1. The summed E-state index contributed by atoms with van der Waals surface area (Å²) >= 11 is 0. The number of rotatable bonds is 5. The number of para-hydroxylation sites is 2. The summed E-state index contributed by atoms with van der Waals surface area (Å²) < 4.78 is 31.0. The van der Waals surface area contributed by atoms with Crippen LogP contribution < -0.4 is 10.1 Å².